The van der Waals surface area contributed by atoms with Crippen LogP contribution in [0.3, 0.4) is 0 Å². The van der Waals surface area contributed by atoms with Crippen molar-refractivity contribution in [1.29, 1.82) is 0 Å². The zero-order valence-corrected chi connectivity index (χ0v) is 11.5. The molecule has 3 heteroatoms. The van der Waals surface area contributed by atoms with Gasteiger partial charge in [-0.2, -0.15) is 0 Å². The number of rotatable bonds is 5. The van der Waals surface area contributed by atoms with E-state index in [1.807, 2.05) is 49.4 Å². The van der Waals surface area contributed by atoms with Crippen molar-refractivity contribution < 1.29 is 9.53 Å². The minimum absolute atomic E-state index is 0.196. The molecule has 0 spiro atoms. The fraction of sp³-hybridized carbons (Fsp3) is 0.176. The number of ether oxygens (including phenoxy) is 1. The molecule has 102 valence electrons. The minimum Gasteiger partial charge on any atom is -0.427 e. The van der Waals surface area contributed by atoms with E-state index < -0.39 is 0 Å². The maximum absolute atomic E-state index is 11.4. The number of benzene rings is 2. The van der Waals surface area contributed by atoms with Gasteiger partial charge in [-0.1, -0.05) is 25.1 Å². The standard InChI is InChI=1S/C17H17NO2/c1-2-6-17(19)20-16-11-9-14(10-12-16)13-18-15-7-4-3-5-8-15/h3-5,7-13H,2,6H2,1H3. The van der Waals surface area contributed by atoms with E-state index in [1.165, 1.54) is 0 Å². The van der Waals surface area contributed by atoms with Crippen LogP contribution in [0.15, 0.2) is 59.6 Å². The van der Waals surface area contributed by atoms with Crippen molar-refractivity contribution >= 4 is 17.9 Å². The second-order valence-corrected chi connectivity index (χ2v) is 4.39. The fourth-order valence-corrected chi connectivity index (χ4v) is 1.67. The van der Waals surface area contributed by atoms with Gasteiger partial charge in [0.05, 0.1) is 5.69 Å². The molecule has 0 aromatic heterocycles. The maximum atomic E-state index is 11.4. The van der Waals surface area contributed by atoms with Crippen LogP contribution in [0.4, 0.5) is 5.69 Å². The molecule has 20 heavy (non-hydrogen) atoms. The number of nitrogens with zero attached hydrogens (tertiary/aromatic N) is 1. The van der Waals surface area contributed by atoms with Crippen LogP contribution in [0.25, 0.3) is 0 Å². The molecular weight excluding hydrogens is 250 g/mol. The van der Waals surface area contributed by atoms with Crippen molar-refractivity contribution in [3.05, 3.63) is 60.2 Å². The van der Waals surface area contributed by atoms with Crippen molar-refractivity contribution in [2.24, 2.45) is 4.99 Å². The van der Waals surface area contributed by atoms with Gasteiger partial charge in [0.15, 0.2) is 0 Å². The van der Waals surface area contributed by atoms with Gasteiger partial charge in [0.25, 0.3) is 0 Å². The molecule has 3 nitrogen and oxygen atoms in total. The van der Waals surface area contributed by atoms with E-state index in [0.29, 0.717) is 12.2 Å². The number of para-hydroxylation sites is 1. The van der Waals surface area contributed by atoms with E-state index in [9.17, 15) is 4.79 Å². The molecule has 2 rings (SSSR count). The third kappa shape index (κ3) is 4.35. The van der Waals surface area contributed by atoms with E-state index in [4.69, 9.17) is 4.74 Å². The smallest absolute Gasteiger partial charge is 0.311 e. The summed E-state index contributed by atoms with van der Waals surface area (Å²) >= 11 is 0. The third-order valence-electron chi connectivity index (χ3n) is 2.68. The van der Waals surface area contributed by atoms with Gasteiger partial charge in [0.2, 0.25) is 0 Å². The summed E-state index contributed by atoms with van der Waals surface area (Å²) in [6.07, 6.45) is 3.02. The van der Waals surface area contributed by atoms with Gasteiger partial charge >= 0.3 is 5.97 Å². The van der Waals surface area contributed by atoms with E-state index >= 15 is 0 Å². The van der Waals surface area contributed by atoms with Crippen molar-refractivity contribution in [3.8, 4) is 5.75 Å². The Morgan fingerprint density at radius 3 is 2.45 bits per heavy atom. The molecule has 0 saturated heterocycles. The van der Waals surface area contributed by atoms with Crippen molar-refractivity contribution in [1.82, 2.24) is 0 Å². The molecule has 0 aliphatic carbocycles. The highest BCUT2D eigenvalue weighted by Crippen LogP contribution is 2.14. The molecule has 0 atom stereocenters. The summed E-state index contributed by atoms with van der Waals surface area (Å²) in [5.41, 5.74) is 1.87. The lowest BCUT2D eigenvalue weighted by atomic mass is 10.2. The average molecular weight is 267 g/mol. The molecule has 0 aliphatic rings. The monoisotopic (exact) mass is 267 g/mol. The summed E-state index contributed by atoms with van der Waals surface area (Å²) in [5.74, 6) is 0.374. The van der Waals surface area contributed by atoms with Crippen LogP contribution in [-0.4, -0.2) is 12.2 Å². The fourth-order valence-electron chi connectivity index (χ4n) is 1.67. The molecule has 0 bridgehead atoms. The highest BCUT2D eigenvalue weighted by Gasteiger charge is 2.02. The molecule has 0 fully saturated rings. The van der Waals surface area contributed by atoms with Gasteiger partial charge in [-0.3, -0.25) is 9.79 Å². The zero-order chi connectivity index (χ0) is 14.2. The Balaban J connectivity index is 1.98. The molecule has 0 amide bonds. The summed E-state index contributed by atoms with van der Waals surface area (Å²) in [4.78, 5) is 15.7. The Bertz CT molecular complexity index is 574. The van der Waals surface area contributed by atoms with Gasteiger partial charge < -0.3 is 4.74 Å². The first-order valence-electron chi connectivity index (χ1n) is 6.68. The van der Waals surface area contributed by atoms with Gasteiger partial charge in [0.1, 0.15) is 5.75 Å². The number of carbonyl (C=O) groups is 1. The van der Waals surface area contributed by atoms with Crippen molar-refractivity contribution in [2.75, 3.05) is 0 Å². The third-order valence-corrected chi connectivity index (χ3v) is 2.68. The summed E-state index contributed by atoms with van der Waals surface area (Å²) in [6.45, 7) is 1.95. The Hall–Kier alpha value is -2.42. The van der Waals surface area contributed by atoms with E-state index in [2.05, 4.69) is 4.99 Å². The first kappa shape index (κ1) is 14.0. The van der Waals surface area contributed by atoms with Gasteiger partial charge in [0, 0.05) is 12.6 Å². The second-order valence-electron chi connectivity index (χ2n) is 4.39. The molecule has 0 heterocycles. The number of carbonyl (C=O) groups excluding carboxylic acids is 1. The van der Waals surface area contributed by atoms with E-state index in [-0.39, 0.29) is 5.97 Å². The molecule has 0 saturated carbocycles. The van der Waals surface area contributed by atoms with Gasteiger partial charge in [-0.15, -0.1) is 0 Å². The molecule has 0 unspecified atom stereocenters. The number of hydrogen-bond acceptors (Lipinski definition) is 3. The number of esters is 1. The predicted octanol–water partition coefficient (Wildman–Crippen LogP) is 4.14. The maximum Gasteiger partial charge on any atom is 0.311 e. The van der Waals surface area contributed by atoms with Crippen LogP contribution in [0.5, 0.6) is 5.75 Å². The van der Waals surface area contributed by atoms with Gasteiger partial charge in [-0.25, -0.2) is 0 Å². The summed E-state index contributed by atoms with van der Waals surface area (Å²) in [7, 11) is 0. The SMILES string of the molecule is CCCC(=O)Oc1ccc(C=Nc2ccccc2)cc1. The predicted molar refractivity (Wildman–Crippen MR) is 80.7 cm³/mol. The van der Waals surface area contributed by atoms with E-state index in [1.54, 1.807) is 18.3 Å². The minimum atomic E-state index is -0.196. The zero-order valence-electron chi connectivity index (χ0n) is 11.5. The molecule has 0 aliphatic heterocycles. The normalized spacial score (nSPS) is 10.7. The number of hydrogen-bond donors (Lipinski definition) is 0. The summed E-state index contributed by atoms with van der Waals surface area (Å²) < 4.78 is 5.19. The highest BCUT2D eigenvalue weighted by atomic mass is 16.5. The number of aliphatic imine (C=N–C) groups is 1. The lowest BCUT2D eigenvalue weighted by molar-refractivity contribution is -0.134. The van der Waals surface area contributed by atoms with Crippen LogP contribution in [0.1, 0.15) is 25.3 Å². The topological polar surface area (TPSA) is 38.7 Å². The largest absolute Gasteiger partial charge is 0.427 e. The van der Waals surface area contributed by atoms with Crippen LogP contribution in [0.2, 0.25) is 0 Å². The Morgan fingerprint density at radius 1 is 1.10 bits per heavy atom. The molecule has 2 aromatic rings. The molecule has 0 N–H and O–H groups in total. The summed E-state index contributed by atoms with van der Waals surface area (Å²) in [5, 5.41) is 0. The van der Waals surface area contributed by atoms with Crippen molar-refractivity contribution in [3.63, 3.8) is 0 Å². The van der Waals surface area contributed by atoms with E-state index in [0.717, 1.165) is 17.7 Å². The molecule has 2 aromatic carbocycles. The molecular formula is C17H17NO2. The van der Waals surface area contributed by atoms with Crippen LogP contribution in [0, 0.1) is 0 Å². The van der Waals surface area contributed by atoms with Crippen molar-refractivity contribution in [2.45, 2.75) is 19.8 Å². The lowest BCUT2D eigenvalue weighted by Gasteiger charge is -2.03. The first-order valence-corrected chi connectivity index (χ1v) is 6.68. The Morgan fingerprint density at radius 2 is 1.80 bits per heavy atom. The lowest BCUT2D eigenvalue weighted by Crippen LogP contribution is -2.06. The van der Waals surface area contributed by atoms with Crippen LogP contribution in [-0.2, 0) is 4.79 Å². The highest BCUT2D eigenvalue weighted by molar-refractivity contribution is 5.82. The second kappa shape index (κ2) is 7.24. The molecule has 0 radical (unpaired) electrons. The average Bonchev–Trinajstić information content (AvgIpc) is 2.48. The first-order chi connectivity index (χ1) is 9.78. The summed E-state index contributed by atoms with van der Waals surface area (Å²) in [6, 6.07) is 17.0. The van der Waals surface area contributed by atoms with Crippen LogP contribution >= 0.6 is 0 Å². The van der Waals surface area contributed by atoms with Gasteiger partial charge in [-0.05, 0) is 48.4 Å². The quantitative estimate of drug-likeness (QED) is 0.464. The Kier molecular flexibility index (Phi) is 5.07. The Labute approximate surface area is 118 Å². The van der Waals surface area contributed by atoms with Crippen LogP contribution < -0.4 is 4.74 Å².